The van der Waals surface area contributed by atoms with Crippen LogP contribution >= 0.6 is 22.9 Å². The summed E-state index contributed by atoms with van der Waals surface area (Å²) in [6.07, 6.45) is 3.25. The van der Waals surface area contributed by atoms with Gasteiger partial charge in [-0.3, -0.25) is 0 Å². The first-order valence-electron chi connectivity index (χ1n) is 5.72. The molecule has 0 saturated heterocycles. The van der Waals surface area contributed by atoms with Crippen LogP contribution in [-0.2, 0) is 12.8 Å². The quantitative estimate of drug-likeness (QED) is 0.854. The molecular formula is C13H13ClN2S. The molecule has 17 heavy (non-hydrogen) atoms. The maximum absolute atomic E-state index is 5.91. The fourth-order valence-corrected chi connectivity index (χ4v) is 3.50. The molecule has 0 bridgehead atoms. The Hall–Kier alpha value is -1.06. The lowest BCUT2D eigenvalue weighted by molar-refractivity contribution is 0.585. The van der Waals surface area contributed by atoms with Crippen LogP contribution in [0.1, 0.15) is 28.5 Å². The average molecular weight is 265 g/mol. The van der Waals surface area contributed by atoms with E-state index >= 15 is 0 Å². The SMILES string of the molecule is Nc1nc2c(s1)CC(c1ccc(Cl)cc1)CC2. The van der Waals surface area contributed by atoms with Crippen LogP contribution in [0.5, 0.6) is 0 Å². The third-order valence-electron chi connectivity index (χ3n) is 3.30. The van der Waals surface area contributed by atoms with Crippen LogP contribution in [0.2, 0.25) is 5.02 Å². The second-order valence-electron chi connectivity index (χ2n) is 4.41. The van der Waals surface area contributed by atoms with Crippen molar-refractivity contribution in [2.45, 2.75) is 25.2 Å². The zero-order valence-electron chi connectivity index (χ0n) is 9.32. The van der Waals surface area contributed by atoms with Crippen molar-refractivity contribution in [1.82, 2.24) is 4.98 Å². The average Bonchev–Trinajstić information content (AvgIpc) is 2.69. The van der Waals surface area contributed by atoms with Gasteiger partial charge in [0.25, 0.3) is 0 Å². The van der Waals surface area contributed by atoms with Crippen molar-refractivity contribution in [2.24, 2.45) is 0 Å². The number of hydrogen-bond acceptors (Lipinski definition) is 3. The Morgan fingerprint density at radius 2 is 2.06 bits per heavy atom. The van der Waals surface area contributed by atoms with Crippen molar-refractivity contribution in [2.75, 3.05) is 5.73 Å². The van der Waals surface area contributed by atoms with E-state index in [0.29, 0.717) is 11.0 Å². The molecular weight excluding hydrogens is 252 g/mol. The van der Waals surface area contributed by atoms with E-state index in [1.165, 1.54) is 16.1 Å². The van der Waals surface area contributed by atoms with Gasteiger partial charge in [-0.15, -0.1) is 11.3 Å². The van der Waals surface area contributed by atoms with Gasteiger partial charge in [0.15, 0.2) is 5.13 Å². The Morgan fingerprint density at radius 3 is 2.82 bits per heavy atom. The summed E-state index contributed by atoms with van der Waals surface area (Å²) in [5.74, 6) is 0.583. The van der Waals surface area contributed by atoms with Gasteiger partial charge < -0.3 is 5.73 Å². The van der Waals surface area contributed by atoms with E-state index in [1.807, 2.05) is 12.1 Å². The van der Waals surface area contributed by atoms with E-state index in [2.05, 4.69) is 17.1 Å². The van der Waals surface area contributed by atoms with Crippen molar-refractivity contribution >= 4 is 28.1 Å². The van der Waals surface area contributed by atoms with Crippen LogP contribution in [0.4, 0.5) is 5.13 Å². The lowest BCUT2D eigenvalue weighted by Gasteiger charge is -2.21. The Morgan fingerprint density at radius 1 is 1.29 bits per heavy atom. The predicted octanol–water partition coefficient (Wildman–Crippen LogP) is 3.65. The molecule has 1 aromatic heterocycles. The number of nitrogens with zero attached hydrogens (tertiary/aromatic N) is 1. The normalized spacial score (nSPS) is 19.0. The van der Waals surface area contributed by atoms with Gasteiger partial charge in [-0.1, -0.05) is 23.7 Å². The zero-order valence-corrected chi connectivity index (χ0v) is 10.9. The predicted molar refractivity (Wildman–Crippen MR) is 72.7 cm³/mol. The van der Waals surface area contributed by atoms with E-state index < -0.39 is 0 Å². The number of fused-ring (bicyclic) bond motifs is 1. The van der Waals surface area contributed by atoms with Crippen LogP contribution < -0.4 is 5.73 Å². The summed E-state index contributed by atoms with van der Waals surface area (Å²) in [6, 6.07) is 8.19. The molecule has 0 saturated carbocycles. The number of nitrogens with two attached hydrogens (primary N) is 1. The molecule has 0 spiro atoms. The smallest absolute Gasteiger partial charge is 0.180 e. The lowest BCUT2D eigenvalue weighted by Crippen LogP contribution is -2.11. The Kier molecular flexibility index (Phi) is 2.81. The minimum Gasteiger partial charge on any atom is -0.375 e. The molecule has 1 aliphatic carbocycles. The van der Waals surface area contributed by atoms with Gasteiger partial charge in [0, 0.05) is 9.90 Å². The topological polar surface area (TPSA) is 38.9 Å². The van der Waals surface area contributed by atoms with Crippen LogP contribution in [0.3, 0.4) is 0 Å². The first-order chi connectivity index (χ1) is 8.22. The van der Waals surface area contributed by atoms with Crippen molar-refractivity contribution in [3.8, 4) is 0 Å². The fraction of sp³-hybridized carbons (Fsp3) is 0.308. The maximum atomic E-state index is 5.91. The molecule has 2 aromatic rings. The highest BCUT2D eigenvalue weighted by Gasteiger charge is 2.23. The molecule has 0 fully saturated rings. The summed E-state index contributed by atoms with van der Waals surface area (Å²) in [5.41, 5.74) is 8.33. The van der Waals surface area contributed by atoms with Gasteiger partial charge in [0.2, 0.25) is 0 Å². The highest BCUT2D eigenvalue weighted by Crippen LogP contribution is 2.36. The number of thiazole rings is 1. The molecule has 88 valence electrons. The van der Waals surface area contributed by atoms with Gasteiger partial charge in [-0.2, -0.15) is 0 Å². The number of halogens is 1. The molecule has 1 aliphatic rings. The Bertz CT molecular complexity index is 533. The largest absolute Gasteiger partial charge is 0.375 e. The Balaban J connectivity index is 1.86. The summed E-state index contributed by atoms with van der Waals surface area (Å²) in [7, 11) is 0. The zero-order chi connectivity index (χ0) is 11.8. The molecule has 1 aromatic carbocycles. The Labute approximate surface area is 109 Å². The number of rotatable bonds is 1. The monoisotopic (exact) mass is 264 g/mol. The van der Waals surface area contributed by atoms with E-state index in [9.17, 15) is 0 Å². The number of benzene rings is 1. The molecule has 1 unspecified atom stereocenters. The molecule has 0 amide bonds. The second-order valence-corrected chi connectivity index (χ2v) is 5.96. The standard InChI is InChI=1S/C13H13ClN2S/c14-10-4-1-8(2-5-10)9-3-6-11-12(7-9)17-13(15)16-11/h1-2,4-5,9H,3,6-7H2,(H2,15,16). The molecule has 4 heteroatoms. The van der Waals surface area contributed by atoms with Crippen LogP contribution in [0.25, 0.3) is 0 Å². The summed E-state index contributed by atoms with van der Waals surface area (Å²) < 4.78 is 0. The number of aryl methyl sites for hydroxylation is 1. The van der Waals surface area contributed by atoms with Crippen molar-refractivity contribution < 1.29 is 0 Å². The minimum atomic E-state index is 0.583. The molecule has 1 heterocycles. The first kappa shape index (κ1) is 11.1. The van der Waals surface area contributed by atoms with E-state index in [-0.39, 0.29) is 0 Å². The first-order valence-corrected chi connectivity index (χ1v) is 6.91. The molecule has 2 N–H and O–H groups in total. The minimum absolute atomic E-state index is 0.583. The van der Waals surface area contributed by atoms with E-state index in [0.717, 1.165) is 24.3 Å². The number of hydrogen-bond donors (Lipinski definition) is 1. The third kappa shape index (κ3) is 2.17. The van der Waals surface area contributed by atoms with Crippen molar-refractivity contribution in [3.63, 3.8) is 0 Å². The summed E-state index contributed by atoms with van der Waals surface area (Å²) in [4.78, 5) is 5.72. The maximum Gasteiger partial charge on any atom is 0.180 e. The molecule has 0 radical (unpaired) electrons. The van der Waals surface area contributed by atoms with Crippen molar-refractivity contribution in [3.05, 3.63) is 45.4 Å². The number of anilines is 1. The molecule has 3 rings (SSSR count). The highest BCUT2D eigenvalue weighted by atomic mass is 35.5. The van der Waals surface area contributed by atoms with Gasteiger partial charge >= 0.3 is 0 Å². The number of nitrogen functional groups attached to an aromatic ring is 1. The number of aromatic nitrogens is 1. The summed E-state index contributed by atoms with van der Waals surface area (Å²) >= 11 is 7.54. The van der Waals surface area contributed by atoms with Gasteiger partial charge in [-0.25, -0.2) is 4.98 Å². The third-order valence-corrected chi connectivity index (χ3v) is 4.50. The molecule has 0 aliphatic heterocycles. The highest BCUT2D eigenvalue weighted by molar-refractivity contribution is 7.15. The van der Waals surface area contributed by atoms with Crippen LogP contribution in [0, 0.1) is 0 Å². The molecule has 1 atom stereocenters. The molecule has 2 nitrogen and oxygen atoms in total. The van der Waals surface area contributed by atoms with Crippen LogP contribution in [-0.4, -0.2) is 4.98 Å². The summed E-state index contributed by atoms with van der Waals surface area (Å²) in [5, 5.41) is 1.50. The summed E-state index contributed by atoms with van der Waals surface area (Å²) in [6.45, 7) is 0. The van der Waals surface area contributed by atoms with Gasteiger partial charge in [0.1, 0.15) is 0 Å². The van der Waals surface area contributed by atoms with Gasteiger partial charge in [0.05, 0.1) is 5.69 Å². The lowest BCUT2D eigenvalue weighted by atomic mass is 9.85. The van der Waals surface area contributed by atoms with Crippen LogP contribution in [0.15, 0.2) is 24.3 Å². The van der Waals surface area contributed by atoms with E-state index in [4.69, 9.17) is 17.3 Å². The fourth-order valence-electron chi connectivity index (χ4n) is 2.41. The second kappa shape index (κ2) is 4.31. The van der Waals surface area contributed by atoms with Crippen molar-refractivity contribution in [1.29, 1.82) is 0 Å². The van der Waals surface area contributed by atoms with E-state index in [1.54, 1.807) is 11.3 Å². The van der Waals surface area contributed by atoms with Gasteiger partial charge in [-0.05, 0) is 42.9 Å².